The van der Waals surface area contributed by atoms with Crippen molar-refractivity contribution in [1.82, 2.24) is 10.6 Å². The van der Waals surface area contributed by atoms with Crippen LogP contribution in [0.3, 0.4) is 0 Å². The molecule has 1 unspecified atom stereocenters. The fraction of sp³-hybridized carbons (Fsp3) is 0.615. The van der Waals surface area contributed by atoms with Crippen molar-refractivity contribution in [2.75, 3.05) is 0 Å². The maximum atomic E-state index is 10.9. The Labute approximate surface area is 97.0 Å². The SMILES string of the molecule is CCC1=C(C)CCC(CC2=CNC(=O)[N]2)C1. The lowest BCUT2D eigenvalue weighted by Crippen LogP contribution is -2.17. The van der Waals surface area contributed by atoms with Crippen molar-refractivity contribution in [2.24, 2.45) is 5.92 Å². The van der Waals surface area contributed by atoms with Gasteiger partial charge in [-0.25, -0.2) is 4.79 Å². The van der Waals surface area contributed by atoms with Gasteiger partial charge in [0.15, 0.2) is 0 Å². The minimum Gasteiger partial charge on any atom is -0.311 e. The first kappa shape index (κ1) is 11.2. The molecule has 87 valence electrons. The third-order valence-electron chi connectivity index (χ3n) is 3.60. The summed E-state index contributed by atoms with van der Waals surface area (Å²) in [6.45, 7) is 4.48. The smallest absolute Gasteiger partial charge is 0.311 e. The molecule has 3 nitrogen and oxygen atoms in total. The number of nitrogens with zero attached hydrogens (tertiary/aromatic N) is 1. The Morgan fingerprint density at radius 3 is 3.00 bits per heavy atom. The van der Waals surface area contributed by atoms with Crippen LogP contribution in [0.5, 0.6) is 0 Å². The van der Waals surface area contributed by atoms with E-state index in [2.05, 4.69) is 24.5 Å². The van der Waals surface area contributed by atoms with Crippen molar-refractivity contribution < 1.29 is 4.79 Å². The van der Waals surface area contributed by atoms with E-state index in [0.717, 1.165) is 18.5 Å². The highest BCUT2D eigenvalue weighted by molar-refractivity contribution is 5.79. The lowest BCUT2D eigenvalue weighted by Gasteiger charge is -2.25. The van der Waals surface area contributed by atoms with Crippen LogP contribution in [0.1, 0.15) is 46.0 Å². The molecule has 0 spiro atoms. The Balaban J connectivity index is 1.91. The summed E-state index contributed by atoms with van der Waals surface area (Å²) in [5, 5.41) is 6.56. The van der Waals surface area contributed by atoms with E-state index < -0.39 is 0 Å². The van der Waals surface area contributed by atoms with Gasteiger partial charge in [0, 0.05) is 6.20 Å². The molecule has 0 fully saturated rings. The molecule has 2 aliphatic rings. The van der Waals surface area contributed by atoms with E-state index in [1.807, 2.05) is 0 Å². The van der Waals surface area contributed by atoms with Crippen LogP contribution in [0.25, 0.3) is 0 Å². The summed E-state index contributed by atoms with van der Waals surface area (Å²) >= 11 is 0. The quantitative estimate of drug-likeness (QED) is 0.728. The van der Waals surface area contributed by atoms with Gasteiger partial charge in [-0.05, 0) is 44.9 Å². The molecule has 3 heteroatoms. The number of urea groups is 1. The maximum Gasteiger partial charge on any atom is 0.345 e. The number of allylic oxidation sites excluding steroid dienone is 3. The van der Waals surface area contributed by atoms with Crippen molar-refractivity contribution in [2.45, 2.75) is 46.0 Å². The van der Waals surface area contributed by atoms with E-state index in [1.165, 1.54) is 19.3 Å². The van der Waals surface area contributed by atoms with E-state index in [4.69, 9.17) is 0 Å². The lowest BCUT2D eigenvalue weighted by atomic mass is 9.81. The summed E-state index contributed by atoms with van der Waals surface area (Å²) in [4.78, 5) is 10.9. The molecule has 0 aromatic carbocycles. The Bertz CT molecular complexity index is 355. The van der Waals surface area contributed by atoms with Crippen LogP contribution < -0.4 is 10.6 Å². The van der Waals surface area contributed by atoms with Crippen LogP contribution in [-0.2, 0) is 0 Å². The second kappa shape index (κ2) is 4.73. The van der Waals surface area contributed by atoms with Crippen molar-refractivity contribution in [1.29, 1.82) is 0 Å². The molecular weight excluding hydrogens is 200 g/mol. The average Bonchev–Trinajstić information content (AvgIpc) is 2.67. The van der Waals surface area contributed by atoms with Crippen LogP contribution in [-0.4, -0.2) is 6.03 Å². The number of carbonyl (C=O) groups excluding carboxylic acids is 1. The summed E-state index contributed by atoms with van der Waals surface area (Å²) in [6, 6.07) is -0.215. The van der Waals surface area contributed by atoms with Crippen molar-refractivity contribution in [3.63, 3.8) is 0 Å². The molecule has 1 radical (unpaired) electrons. The second-order valence-electron chi connectivity index (χ2n) is 4.75. The van der Waals surface area contributed by atoms with Gasteiger partial charge in [0.25, 0.3) is 0 Å². The fourth-order valence-corrected chi connectivity index (χ4v) is 2.58. The van der Waals surface area contributed by atoms with Crippen molar-refractivity contribution in [3.05, 3.63) is 23.0 Å². The summed E-state index contributed by atoms with van der Waals surface area (Å²) in [5.41, 5.74) is 4.10. The van der Waals surface area contributed by atoms with E-state index in [-0.39, 0.29) is 6.03 Å². The predicted octanol–water partition coefficient (Wildman–Crippen LogP) is 3.07. The molecule has 0 saturated carbocycles. The minimum atomic E-state index is -0.215. The van der Waals surface area contributed by atoms with Gasteiger partial charge in [-0.2, -0.15) is 5.32 Å². The third kappa shape index (κ3) is 2.46. The molecule has 1 N–H and O–H groups in total. The van der Waals surface area contributed by atoms with Crippen molar-refractivity contribution >= 4 is 6.03 Å². The molecule has 1 heterocycles. The normalized spacial score (nSPS) is 25.2. The standard InChI is InChI=1S/C13H19N2O/c1-3-11-6-10(5-4-9(11)2)7-12-8-14-13(16)15-12/h8,10H,3-7H2,1-2H3,(H,14,16). The number of carbonyl (C=O) groups is 1. The first-order chi connectivity index (χ1) is 7.69. The highest BCUT2D eigenvalue weighted by Crippen LogP contribution is 2.34. The zero-order valence-corrected chi connectivity index (χ0v) is 10.0. The molecule has 2 amide bonds. The van der Waals surface area contributed by atoms with Gasteiger partial charge in [0.05, 0.1) is 5.70 Å². The molecule has 0 aromatic rings. The number of hydrogen-bond donors (Lipinski definition) is 1. The lowest BCUT2D eigenvalue weighted by molar-refractivity contribution is 0.248. The average molecular weight is 219 g/mol. The van der Waals surface area contributed by atoms with Gasteiger partial charge >= 0.3 is 6.03 Å². The topological polar surface area (TPSA) is 43.2 Å². The Morgan fingerprint density at radius 1 is 1.56 bits per heavy atom. The summed E-state index contributed by atoms with van der Waals surface area (Å²) in [5.74, 6) is 0.668. The summed E-state index contributed by atoms with van der Waals surface area (Å²) < 4.78 is 0. The zero-order chi connectivity index (χ0) is 11.5. The number of amides is 2. The molecular formula is C13H19N2O. The van der Waals surface area contributed by atoms with Crippen LogP contribution >= 0.6 is 0 Å². The first-order valence-corrected chi connectivity index (χ1v) is 6.07. The minimum absolute atomic E-state index is 0.215. The highest BCUT2D eigenvalue weighted by Gasteiger charge is 2.22. The first-order valence-electron chi connectivity index (χ1n) is 6.07. The Kier molecular flexibility index (Phi) is 3.32. The van der Waals surface area contributed by atoms with E-state index >= 15 is 0 Å². The van der Waals surface area contributed by atoms with Gasteiger partial charge in [-0.15, -0.1) is 0 Å². The largest absolute Gasteiger partial charge is 0.345 e. The molecule has 1 aliphatic carbocycles. The van der Waals surface area contributed by atoms with Gasteiger partial charge in [-0.3, -0.25) is 0 Å². The molecule has 1 atom stereocenters. The number of hydrogen-bond acceptors (Lipinski definition) is 1. The van der Waals surface area contributed by atoms with E-state index in [0.29, 0.717) is 5.92 Å². The molecule has 0 bridgehead atoms. The zero-order valence-electron chi connectivity index (χ0n) is 10.0. The molecule has 0 saturated heterocycles. The maximum absolute atomic E-state index is 10.9. The molecule has 16 heavy (non-hydrogen) atoms. The van der Waals surface area contributed by atoms with Gasteiger partial charge in [-0.1, -0.05) is 18.1 Å². The monoisotopic (exact) mass is 219 g/mol. The van der Waals surface area contributed by atoms with E-state index in [9.17, 15) is 4.79 Å². The van der Waals surface area contributed by atoms with Crippen LogP contribution in [0, 0.1) is 5.92 Å². The third-order valence-corrected chi connectivity index (χ3v) is 3.60. The molecule has 2 rings (SSSR count). The Hall–Kier alpha value is -1.25. The van der Waals surface area contributed by atoms with Crippen LogP contribution in [0.2, 0.25) is 0 Å². The van der Waals surface area contributed by atoms with Gasteiger partial charge < -0.3 is 5.32 Å². The van der Waals surface area contributed by atoms with Crippen LogP contribution in [0.4, 0.5) is 4.79 Å². The predicted molar refractivity (Wildman–Crippen MR) is 63.7 cm³/mol. The van der Waals surface area contributed by atoms with E-state index in [1.54, 1.807) is 17.3 Å². The number of nitrogens with one attached hydrogen (secondary N) is 1. The highest BCUT2D eigenvalue weighted by atomic mass is 16.2. The van der Waals surface area contributed by atoms with Crippen molar-refractivity contribution in [3.8, 4) is 0 Å². The Morgan fingerprint density at radius 2 is 2.38 bits per heavy atom. The summed E-state index contributed by atoms with van der Waals surface area (Å²) in [6.07, 6.45) is 7.48. The number of rotatable bonds is 3. The second-order valence-corrected chi connectivity index (χ2v) is 4.75. The molecule has 0 aromatic heterocycles. The van der Waals surface area contributed by atoms with Gasteiger partial charge in [0.2, 0.25) is 0 Å². The van der Waals surface area contributed by atoms with Crippen LogP contribution in [0.15, 0.2) is 23.0 Å². The summed E-state index contributed by atoms with van der Waals surface area (Å²) in [7, 11) is 0. The fourth-order valence-electron chi connectivity index (χ4n) is 2.58. The van der Waals surface area contributed by atoms with Gasteiger partial charge in [0.1, 0.15) is 0 Å². The molecule has 1 aliphatic heterocycles.